The summed E-state index contributed by atoms with van der Waals surface area (Å²) in [6, 6.07) is 74.2. The Balaban J connectivity index is 1.07. The molecular formula is C58H45N. The summed E-state index contributed by atoms with van der Waals surface area (Å²) < 4.78 is 0. The molecule has 0 aliphatic heterocycles. The second kappa shape index (κ2) is 13.3. The van der Waals surface area contributed by atoms with E-state index < -0.39 is 0 Å². The van der Waals surface area contributed by atoms with Crippen molar-refractivity contribution < 1.29 is 0 Å². The van der Waals surface area contributed by atoms with Crippen molar-refractivity contribution in [1.82, 2.24) is 0 Å². The third-order valence-electron chi connectivity index (χ3n) is 13.3. The fraction of sp³-hybridized carbons (Fsp3) is 0.103. The predicted molar refractivity (Wildman–Crippen MR) is 250 cm³/mol. The van der Waals surface area contributed by atoms with E-state index in [0.29, 0.717) is 0 Å². The second-order valence-electron chi connectivity index (χ2n) is 17.3. The fourth-order valence-corrected chi connectivity index (χ4v) is 10.3. The Morgan fingerprint density at radius 3 is 1.47 bits per heavy atom. The van der Waals surface area contributed by atoms with Gasteiger partial charge in [0.1, 0.15) is 0 Å². The number of rotatable bonds is 6. The lowest BCUT2D eigenvalue weighted by atomic mass is 9.79. The summed E-state index contributed by atoms with van der Waals surface area (Å²) in [5.74, 6) is 0. The van der Waals surface area contributed by atoms with Crippen LogP contribution in [0, 0.1) is 0 Å². The zero-order valence-electron chi connectivity index (χ0n) is 34.0. The lowest BCUT2D eigenvalue weighted by Gasteiger charge is -2.29. The predicted octanol–water partition coefficient (Wildman–Crippen LogP) is 15.9. The summed E-state index contributed by atoms with van der Waals surface area (Å²) >= 11 is 0. The standard InChI is InChI=1S/C58H45N/c1-57(2)53-22-14-13-20-47(53)48-33-31-45(36-55(48)57)59(43-29-27-41(28-30-43)40-25-23-39(24-26-40)38-15-7-5-8-16-38)44-32-34-54-51(35-44)52-37-50(42-17-9-6-10-18-42)46-19-11-12-21-49(46)56(52)58(54,3)4/h5-37H,1-4H3. The number of hydrogen-bond acceptors (Lipinski definition) is 1. The lowest BCUT2D eigenvalue weighted by molar-refractivity contribution is 0.660. The molecule has 0 atom stereocenters. The molecule has 2 aliphatic rings. The number of hydrogen-bond donors (Lipinski definition) is 0. The van der Waals surface area contributed by atoms with E-state index in [0.717, 1.165) is 17.1 Å². The van der Waals surface area contributed by atoms with Crippen LogP contribution in [-0.4, -0.2) is 0 Å². The Hall–Kier alpha value is -6.96. The normalized spacial score (nSPS) is 14.0. The van der Waals surface area contributed by atoms with E-state index >= 15 is 0 Å². The monoisotopic (exact) mass is 755 g/mol. The van der Waals surface area contributed by atoms with E-state index in [-0.39, 0.29) is 10.8 Å². The molecule has 2 aliphatic carbocycles. The van der Waals surface area contributed by atoms with Crippen molar-refractivity contribution in [3.05, 3.63) is 222 Å². The number of nitrogens with zero attached hydrogens (tertiary/aromatic N) is 1. The Kier molecular flexibility index (Phi) is 7.94. The van der Waals surface area contributed by atoms with Gasteiger partial charge in [-0.05, 0) is 131 Å². The lowest BCUT2D eigenvalue weighted by Crippen LogP contribution is -2.17. The molecular weight excluding hydrogens is 711 g/mol. The molecule has 0 radical (unpaired) electrons. The molecule has 1 nitrogen and oxygen atoms in total. The minimum absolute atomic E-state index is 0.112. The van der Waals surface area contributed by atoms with Gasteiger partial charge in [-0.3, -0.25) is 0 Å². The van der Waals surface area contributed by atoms with Gasteiger partial charge in [0.2, 0.25) is 0 Å². The molecule has 9 aromatic rings. The van der Waals surface area contributed by atoms with Crippen LogP contribution in [-0.2, 0) is 10.8 Å². The molecule has 0 heterocycles. The van der Waals surface area contributed by atoms with Crippen molar-refractivity contribution in [3.8, 4) is 55.6 Å². The van der Waals surface area contributed by atoms with Gasteiger partial charge < -0.3 is 4.90 Å². The summed E-state index contributed by atoms with van der Waals surface area (Å²) in [6.45, 7) is 9.53. The molecule has 59 heavy (non-hydrogen) atoms. The Bertz CT molecular complexity index is 3060. The molecule has 0 aromatic heterocycles. The topological polar surface area (TPSA) is 3.24 Å². The average Bonchev–Trinajstić information content (AvgIpc) is 3.66. The first-order valence-electron chi connectivity index (χ1n) is 20.8. The van der Waals surface area contributed by atoms with E-state index in [9.17, 15) is 0 Å². The smallest absolute Gasteiger partial charge is 0.0468 e. The van der Waals surface area contributed by atoms with E-state index in [1.165, 1.54) is 88.7 Å². The first kappa shape index (κ1) is 35.2. The number of fused-ring (bicyclic) bond motifs is 8. The van der Waals surface area contributed by atoms with Gasteiger partial charge in [-0.1, -0.05) is 185 Å². The summed E-state index contributed by atoms with van der Waals surface area (Å²) in [5, 5.41) is 2.63. The van der Waals surface area contributed by atoms with E-state index in [2.05, 4.69) is 233 Å². The molecule has 1 heteroatoms. The van der Waals surface area contributed by atoms with Crippen LogP contribution >= 0.6 is 0 Å². The van der Waals surface area contributed by atoms with Crippen molar-refractivity contribution in [2.45, 2.75) is 38.5 Å². The summed E-state index contributed by atoms with van der Waals surface area (Å²) in [6.07, 6.45) is 0. The highest BCUT2D eigenvalue weighted by Gasteiger charge is 2.39. The maximum Gasteiger partial charge on any atom is 0.0468 e. The zero-order valence-corrected chi connectivity index (χ0v) is 34.0. The highest BCUT2D eigenvalue weighted by Crippen LogP contribution is 2.55. The maximum absolute atomic E-state index is 2.46. The third-order valence-corrected chi connectivity index (χ3v) is 13.3. The summed E-state index contributed by atoms with van der Waals surface area (Å²) in [4.78, 5) is 2.46. The highest BCUT2D eigenvalue weighted by atomic mass is 15.1. The number of benzene rings is 9. The van der Waals surface area contributed by atoms with Gasteiger partial charge in [0.15, 0.2) is 0 Å². The maximum atomic E-state index is 2.46. The van der Waals surface area contributed by atoms with Crippen molar-refractivity contribution in [3.63, 3.8) is 0 Å². The molecule has 0 spiro atoms. The quantitative estimate of drug-likeness (QED) is 0.163. The zero-order chi connectivity index (χ0) is 39.9. The van der Waals surface area contributed by atoms with Crippen molar-refractivity contribution in [2.24, 2.45) is 0 Å². The molecule has 0 fully saturated rings. The van der Waals surface area contributed by atoms with Crippen LogP contribution in [0.15, 0.2) is 200 Å². The van der Waals surface area contributed by atoms with Gasteiger partial charge >= 0.3 is 0 Å². The van der Waals surface area contributed by atoms with Crippen LogP contribution in [0.25, 0.3) is 66.4 Å². The van der Waals surface area contributed by atoms with E-state index in [4.69, 9.17) is 0 Å². The Morgan fingerprint density at radius 1 is 0.288 bits per heavy atom. The average molecular weight is 756 g/mol. The third kappa shape index (κ3) is 5.53. The Labute approximate surface area is 347 Å². The van der Waals surface area contributed by atoms with Crippen molar-refractivity contribution >= 4 is 27.8 Å². The minimum Gasteiger partial charge on any atom is -0.310 e. The largest absolute Gasteiger partial charge is 0.310 e. The van der Waals surface area contributed by atoms with Crippen LogP contribution < -0.4 is 4.90 Å². The molecule has 0 bridgehead atoms. The minimum atomic E-state index is -0.163. The first-order chi connectivity index (χ1) is 28.8. The molecule has 0 unspecified atom stereocenters. The van der Waals surface area contributed by atoms with Gasteiger partial charge in [-0.2, -0.15) is 0 Å². The summed E-state index contributed by atoms with van der Waals surface area (Å²) in [5.41, 5.74) is 21.4. The van der Waals surface area contributed by atoms with Crippen LogP contribution in [0.3, 0.4) is 0 Å². The van der Waals surface area contributed by atoms with Crippen molar-refractivity contribution in [1.29, 1.82) is 0 Å². The molecule has 11 rings (SSSR count). The van der Waals surface area contributed by atoms with Gasteiger partial charge in [0.05, 0.1) is 0 Å². The van der Waals surface area contributed by atoms with Crippen LogP contribution in [0.5, 0.6) is 0 Å². The molecule has 0 saturated carbocycles. The highest BCUT2D eigenvalue weighted by molar-refractivity contribution is 6.06. The van der Waals surface area contributed by atoms with Crippen LogP contribution in [0.4, 0.5) is 17.1 Å². The van der Waals surface area contributed by atoms with Crippen molar-refractivity contribution in [2.75, 3.05) is 4.90 Å². The molecule has 0 amide bonds. The first-order valence-corrected chi connectivity index (χ1v) is 20.8. The Morgan fingerprint density at radius 2 is 0.780 bits per heavy atom. The SMILES string of the molecule is CC1(C)c2ccccc2-c2ccc(N(c3ccc(-c4ccc(-c5ccccc5)cc4)cc3)c3ccc4c(c3)-c3cc(-c5ccccc5)c5ccccc5c3C4(C)C)cc21. The second-order valence-corrected chi connectivity index (χ2v) is 17.3. The molecule has 282 valence electrons. The van der Waals surface area contributed by atoms with Crippen LogP contribution in [0.1, 0.15) is 49.9 Å². The molecule has 9 aromatic carbocycles. The van der Waals surface area contributed by atoms with E-state index in [1.807, 2.05) is 0 Å². The van der Waals surface area contributed by atoms with E-state index in [1.54, 1.807) is 0 Å². The van der Waals surface area contributed by atoms with Gasteiger partial charge in [-0.15, -0.1) is 0 Å². The van der Waals surface area contributed by atoms with Crippen LogP contribution in [0.2, 0.25) is 0 Å². The molecule has 0 N–H and O–H groups in total. The molecule has 0 saturated heterocycles. The summed E-state index contributed by atoms with van der Waals surface area (Å²) in [7, 11) is 0. The van der Waals surface area contributed by atoms with Gasteiger partial charge in [0, 0.05) is 27.9 Å². The van der Waals surface area contributed by atoms with Gasteiger partial charge in [0.25, 0.3) is 0 Å². The van der Waals surface area contributed by atoms with Gasteiger partial charge in [-0.25, -0.2) is 0 Å². The fourth-order valence-electron chi connectivity index (χ4n) is 10.3. The number of anilines is 3.